The predicted molar refractivity (Wildman–Crippen MR) is 81.5 cm³/mol. The molecule has 1 aromatic heterocycles. The molecule has 0 spiro atoms. The Balaban J connectivity index is 2.05. The maximum absolute atomic E-state index is 12.4. The van der Waals surface area contributed by atoms with Crippen molar-refractivity contribution in [1.82, 2.24) is 15.3 Å². The van der Waals surface area contributed by atoms with E-state index in [-0.39, 0.29) is 22.9 Å². The zero-order valence-corrected chi connectivity index (χ0v) is 12.0. The molecule has 1 aliphatic heterocycles. The van der Waals surface area contributed by atoms with Crippen LogP contribution in [0.5, 0.6) is 5.88 Å². The molecule has 3 N–H and O–H groups in total. The van der Waals surface area contributed by atoms with Crippen molar-refractivity contribution in [2.24, 2.45) is 0 Å². The van der Waals surface area contributed by atoms with Crippen LogP contribution >= 0.6 is 0 Å². The first kappa shape index (κ1) is 13.8. The molecule has 0 aliphatic carbocycles. The zero-order valence-electron chi connectivity index (χ0n) is 12.0. The number of rotatable bonds is 2. The summed E-state index contributed by atoms with van der Waals surface area (Å²) < 4.78 is 0. The standard InChI is InChI=1S/C16H19N3O2/c1-10-4-2-3-5-12(10)13-15(20)18-14(19-16(13)21)11-6-8-17-9-7-11/h2-5,11,17H,6-9H2,1H3,(H2,18,19,20,21). The lowest BCUT2D eigenvalue weighted by atomic mass is 9.96. The summed E-state index contributed by atoms with van der Waals surface area (Å²) in [4.78, 5) is 19.5. The number of nitrogens with zero attached hydrogens (tertiary/aromatic N) is 1. The van der Waals surface area contributed by atoms with Crippen LogP contribution in [0.2, 0.25) is 0 Å². The molecule has 2 heterocycles. The number of hydrogen-bond acceptors (Lipinski definition) is 4. The Morgan fingerprint density at radius 3 is 2.62 bits per heavy atom. The van der Waals surface area contributed by atoms with Gasteiger partial charge in [-0.25, -0.2) is 0 Å². The molecule has 5 heteroatoms. The number of aryl methyl sites for hydroxylation is 1. The zero-order chi connectivity index (χ0) is 14.8. The summed E-state index contributed by atoms with van der Waals surface area (Å²) in [5, 5.41) is 13.5. The van der Waals surface area contributed by atoms with Gasteiger partial charge < -0.3 is 15.4 Å². The second kappa shape index (κ2) is 5.69. The van der Waals surface area contributed by atoms with Gasteiger partial charge >= 0.3 is 0 Å². The van der Waals surface area contributed by atoms with E-state index in [2.05, 4.69) is 15.3 Å². The van der Waals surface area contributed by atoms with Crippen molar-refractivity contribution in [3.05, 3.63) is 46.0 Å². The van der Waals surface area contributed by atoms with Gasteiger partial charge in [0.1, 0.15) is 11.4 Å². The van der Waals surface area contributed by atoms with Gasteiger partial charge in [0.25, 0.3) is 5.56 Å². The van der Waals surface area contributed by atoms with Crippen molar-refractivity contribution in [1.29, 1.82) is 0 Å². The molecule has 1 fully saturated rings. The van der Waals surface area contributed by atoms with Gasteiger partial charge in [-0.05, 0) is 44.0 Å². The Labute approximate surface area is 123 Å². The normalized spacial score (nSPS) is 16.0. The average Bonchev–Trinajstić information content (AvgIpc) is 2.49. The lowest BCUT2D eigenvalue weighted by molar-refractivity contribution is 0.420. The molecule has 0 bridgehead atoms. The Hall–Kier alpha value is -2.14. The minimum absolute atomic E-state index is 0.179. The highest BCUT2D eigenvalue weighted by Crippen LogP contribution is 2.29. The van der Waals surface area contributed by atoms with E-state index in [0.29, 0.717) is 5.82 Å². The molecule has 1 aromatic carbocycles. The number of nitrogens with one attached hydrogen (secondary N) is 2. The van der Waals surface area contributed by atoms with Crippen LogP contribution < -0.4 is 10.9 Å². The average molecular weight is 285 g/mol. The second-order valence-corrected chi connectivity index (χ2v) is 5.49. The van der Waals surface area contributed by atoms with Crippen LogP contribution in [0.25, 0.3) is 11.1 Å². The number of aromatic hydroxyl groups is 1. The summed E-state index contributed by atoms with van der Waals surface area (Å²) in [5.74, 6) is 0.619. The van der Waals surface area contributed by atoms with E-state index in [9.17, 15) is 9.90 Å². The molecule has 0 atom stereocenters. The lowest BCUT2D eigenvalue weighted by Crippen LogP contribution is -2.28. The summed E-state index contributed by atoms with van der Waals surface area (Å²) in [7, 11) is 0. The third-order valence-corrected chi connectivity index (χ3v) is 4.06. The summed E-state index contributed by atoms with van der Waals surface area (Å²) in [6, 6.07) is 7.49. The highest BCUT2D eigenvalue weighted by atomic mass is 16.3. The van der Waals surface area contributed by atoms with Gasteiger partial charge in [-0.15, -0.1) is 0 Å². The fraction of sp³-hybridized carbons (Fsp3) is 0.375. The maximum Gasteiger partial charge on any atom is 0.262 e. The molecule has 1 aliphatic rings. The number of H-pyrrole nitrogens is 1. The Kier molecular flexibility index (Phi) is 3.75. The van der Waals surface area contributed by atoms with Gasteiger partial charge in [-0.1, -0.05) is 24.3 Å². The lowest BCUT2D eigenvalue weighted by Gasteiger charge is -2.22. The van der Waals surface area contributed by atoms with E-state index in [0.717, 1.165) is 37.1 Å². The van der Waals surface area contributed by atoms with Crippen LogP contribution in [0.15, 0.2) is 29.1 Å². The SMILES string of the molecule is Cc1ccccc1-c1c(O)nc(C2CCNCC2)[nH]c1=O. The first-order valence-electron chi connectivity index (χ1n) is 7.26. The maximum atomic E-state index is 12.4. The van der Waals surface area contributed by atoms with Crippen molar-refractivity contribution >= 4 is 0 Å². The molecule has 0 amide bonds. The quantitative estimate of drug-likeness (QED) is 0.787. The minimum atomic E-state index is -0.273. The number of hydrogen-bond donors (Lipinski definition) is 3. The molecule has 1 saturated heterocycles. The first-order chi connectivity index (χ1) is 10.2. The molecule has 0 unspecified atom stereocenters. The highest BCUT2D eigenvalue weighted by molar-refractivity contribution is 5.70. The van der Waals surface area contributed by atoms with Gasteiger partial charge in [0.05, 0.1) is 0 Å². The Morgan fingerprint density at radius 1 is 1.24 bits per heavy atom. The van der Waals surface area contributed by atoms with E-state index in [1.54, 1.807) is 0 Å². The van der Waals surface area contributed by atoms with Crippen molar-refractivity contribution in [3.8, 4) is 17.0 Å². The number of benzene rings is 1. The van der Waals surface area contributed by atoms with Gasteiger partial charge in [0.15, 0.2) is 0 Å². The van der Waals surface area contributed by atoms with E-state index < -0.39 is 0 Å². The van der Waals surface area contributed by atoms with Crippen LogP contribution in [0.3, 0.4) is 0 Å². The van der Waals surface area contributed by atoms with Gasteiger partial charge in [-0.3, -0.25) is 4.79 Å². The van der Waals surface area contributed by atoms with E-state index in [1.165, 1.54) is 0 Å². The molecular weight excluding hydrogens is 266 g/mol. The summed E-state index contributed by atoms with van der Waals surface area (Å²) >= 11 is 0. The predicted octanol–water partition coefficient (Wildman–Crippen LogP) is 1.92. The molecular formula is C16H19N3O2. The molecule has 110 valence electrons. The van der Waals surface area contributed by atoms with Gasteiger partial charge in [0.2, 0.25) is 5.88 Å². The number of aromatic nitrogens is 2. The third-order valence-electron chi connectivity index (χ3n) is 4.06. The van der Waals surface area contributed by atoms with Crippen molar-refractivity contribution in [2.45, 2.75) is 25.7 Å². The van der Waals surface area contributed by atoms with E-state index >= 15 is 0 Å². The fourth-order valence-electron chi connectivity index (χ4n) is 2.86. The molecule has 2 aromatic rings. The van der Waals surface area contributed by atoms with Crippen molar-refractivity contribution in [2.75, 3.05) is 13.1 Å². The fourth-order valence-corrected chi connectivity index (χ4v) is 2.86. The van der Waals surface area contributed by atoms with Crippen molar-refractivity contribution < 1.29 is 5.11 Å². The van der Waals surface area contributed by atoms with Crippen LogP contribution in [0.4, 0.5) is 0 Å². The molecule has 0 saturated carbocycles. The summed E-state index contributed by atoms with van der Waals surface area (Å²) in [6.45, 7) is 3.73. The topological polar surface area (TPSA) is 78.0 Å². The van der Waals surface area contributed by atoms with Crippen LogP contribution in [-0.2, 0) is 0 Å². The van der Waals surface area contributed by atoms with Crippen LogP contribution in [0, 0.1) is 6.92 Å². The monoisotopic (exact) mass is 285 g/mol. The summed E-state index contributed by atoms with van der Waals surface area (Å²) in [6.07, 6.45) is 1.85. The first-order valence-corrected chi connectivity index (χ1v) is 7.26. The smallest absolute Gasteiger partial charge is 0.262 e. The largest absolute Gasteiger partial charge is 0.493 e. The van der Waals surface area contributed by atoms with Crippen molar-refractivity contribution in [3.63, 3.8) is 0 Å². The Bertz CT molecular complexity index is 703. The van der Waals surface area contributed by atoms with E-state index in [4.69, 9.17) is 0 Å². The van der Waals surface area contributed by atoms with E-state index in [1.807, 2.05) is 31.2 Å². The highest BCUT2D eigenvalue weighted by Gasteiger charge is 2.21. The third kappa shape index (κ3) is 2.69. The Morgan fingerprint density at radius 2 is 1.95 bits per heavy atom. The molecule has 0 radical (unpaired) electrons. The van der Waals surface area contributed by atoms with Crippen LogP contribution in [-0.4, -0.2) is 28.2 Å². The molecule has 3 rings (SSSR count). The van der Waals surface area contributed by atoms with Gasteiger partial charge in [0, 0.05) is 5.92 Å². The second-order valence-electron chi connectivity index (χ2n) is 5.49. The van der Waals surface area contributed by atoms with Crippen LogP contribution in [0.1, 0.15) is 30.1 Å². The number of piperidine rings is 1. The van der Waals surface area contributed by atoms with Gasteiger partial charge in [-0.2, -0.15) is 4.98 Å². The summed E-state index contributed by atoms with van der Waals surface area (Å²) in [5.41, 5.74) is 1.64. The number of aromatic amines is 1. The molecule has 21 heavy (non-hydrogen) atoms. The molecule has 5 nitrogen and oxygen atoms in total. The minimum Gasteiger partial charge on any atom is -0.493 e.